The molecule has 6 rings (SSSR count). The molecule has 2 aliphatic rings. The van der Waals surface area contributed by atoms with Crippen molar-refractivity contribution in [3.63, 3.8) is 0 Å². The highest BCUT2D eigenvalue weighted by Gasteiger charge is 2.21. The highest BCUT2D eigenvalue weighted by atomic mass is 19.1. The van der Waals surface area contributed by atoms with E-state index in [0.29, 0.717) is 41.1 Å². The summed E-state index contributed by atoms with van der Waals surface area (Å²) < 4.78 is 27.8. The molecule has 0 bridgehead atoms. The first-order chi connectivity index (χ1) is 20.0. The van der Waals surface area contributed by atoms with E-state index in [2.05, 4.69) is 35.1 Å². The van der Waals surface area contributed by atoms with Gasteiger partial charge in [0, 0.05) is 91.2 Å². The van der Waals surface area contributed by atoms with Gasteiger partial charge in [-0.15, -0.1) is 0 Å². The first kappa shape index (κ1) is 27.2. The Bertz CT molecular complexity index is 1430. The fraction of sp³-hybridized carbons (Fsp3) is 0.464. The summed E-state index contributed by atoms with van der Waals surface area (Å²) in [5.41, 5.74) is 8.07. The number of anilines is 3. The summed E-state index contributed by atoms with van der Waals surface area (Å²) >= 11 is 0. The zero-order valence-electron chi connectivity index (χ0n) is 23.4. The molecule has 0 amide bonds. The monoisotopic (exact) mass is 564 g/mol. The maximum atomic E-state index is 15.0. The molecule has 0 atom stereocenters. The Balaban J connectivity index is 0.979. The van der Waals surface area contributed by atoms with Gasteiger partial charge in [-0.1, -0.05) is 0 Å². The van der Waals surface area contributed by atoms with Crippen LogP contribution < -0.4 is 25.6 Å². The third kappa shape index (κ3) is 6.37. The van der Waals surface area contributed by atoms with Crippen LogP contribution in [0.15, 0.2) is 47.1 Å². The number of hydrogen-bond donors (Lipinski definition) is 2. The Morgan fingerprint density at radius 1 is 1.02 bits per heavy atom. The van der Waals surface area contributed by atoms with Gasteiger partial charge < -0.3 is 30.0 Å². The van der Waals surface area contributed by atoms with Gasteiger partial charge in [0.1, 0.15) is 23.9 Å². The molecule has 1 aromatic carbocycles. The second kappa shape index (κ2) is 12.3. The first-order valence-corrected chi connectivity index (χ1v) is 14.1. The van der Waals surface area contributed by atoms with E-state index < -0.39 is 0 Å². The third-order valence-electron chi connectivity index (χ3n) is 7.72. The molecule has 4 aromatic rings. The van der Waals surface area contributed by atoms with Gasteiger partial charge in [-0.25, -0.2) is 4.39 Å². The quantitative estimate of drug-likeness (QED) is 0.293. The molecule has 0 spiro atoms. The lowest BCUT2D eigenvalue weighted by Crippen LogP contribution is -2.48. The average Bonchev–Trinajstić information content (AvgIpc) is 3.68. The smallest absolute Gasteiger partial charge is 0.230 e. The van der Waals surface area contributed by atoms with Crippen molar-refractivity contribution in [1.82, 2.24) is 34.7 Å². The Hall–Kier alpha value is -3.94. The number of nitrogens with two attached hydrogens (primary N) is 1. The van der Waals surface area contributed by atoms with Crippen molar-refractivity contribution in [1.29, 1.82) is 0 Å². The summed E-state index contributed by atoms with van der Waals surface area (Å²) in [6, 6.07) is 10.7. The summed E-state index contributed by atoms with van der Waals surface area (Å²) in [6.07, 6.45) is 1.60. The third-order valence-corrected chi connectivity index (χ3v) is 7.72. The Morgan fingerprint density at radius 3 is 2.59 bits per heavy atom. The minimum Gasteiger partial charge on any atom is -0.492 e. The number of piperazine rings is 2. The van der Waals surface area contributed by atoms with E-state index in [9.17, 15) is 4.39 Å². The van der Waals surface area contributed by atoms with Gasteiger partial charge in [-0.05, 0) is 24.3 Å². The number of benzene rings is 1. The first-order valence-electron chi connectivity index (χ1n) is 14.1. The number of likely N-dealkylation sites (N-methyl/N-ethyl adjacent to an activating group) is 1. The van der Waals surface area contributed by atoms with Crippen molar-refractivity contribution in [3.8, 4) is 17.2 Å². The second-order valence-corrected chi connectivity index (χ2v) is 10.5. The Morgan fingerprint density at radius 2 is 1.83 bits per heavy atom. The van der Waals surface area contributed by atoms with Crippen LogP contribution in [-0.2, 0) is 0 Å². The van der Waals surface area contributed by atoms with Crippen LogP contribution in [0.5, 0.6) is 5.75 Å². The molecule has 12 nitrogen and oxygen atoms in total. The maximum absolute atomic E-state index is 15.0. The second-order valence-electron chi connectivity index (χ2n) is 10.5. The summed E-state index contributed by atoms with van der Waals surface area (Å²) in [7, 11) is 1.95. The number of nitrogens with zero attached hydrogens (tertiary/aromatic N) is 8. The van der Waals surface area contributed by atoms with Gasteiger partial charge in [-0.2, -0.15) is 19.6 Å². The van der Waals surface area contributed by atoms with E-state index in [-0.39, 0.29) is 11.8 Å². The van der Waals surface area contributed by atoms with E-state index in [0.717, 1.165) is 72.0 Å². The minimum absolute atomic E-state index is 0.238. The predicted octanol–water partition coefficient (Wildman–Crippen LogP) is 1.65. The number of nitrogens with one attached hydrogen (secondary N) is 1. The van der Waals surface area contributed by atoms with E-state index in [4.69, 9.17) is 14.9 Å². The van der Waals surface area contributed by atoms with E-state index >= 15 is 0 Å². The normalized spacial score (nSPS) is 16.9. The van der Waals surface area contributed by atoms with Crippen molar-refractivity contribution >= 4 is 23.2 Å². The number of aromatic nitrogens is 4. The molecule has 0 saturated carbocycles. The summed E-state index contributed by atoms with van der Waals surface area (Å²) in [5.74, 6) is 1.79. The minimum atomic E-state index is -0.238. The van der Waals surface area contributed by atoms with Gasteiger partial charge in [0.15, 0.2) is 11.4 Å². The highest BCUT2D eigenvalue weighted by molar-refractivity contribution is 5.61. The number of furan rings is 1. The zero-order valence-corrected chi connectivity index (χ0v) is 23.4. The number of nitrogen functional groups attached to an aromatic ring is 1. The molecule has 41 heavy (non-hydrogen) atoms. The molecule has 0 radical (unpaired) electrons. The number of hydrogen-bond acceptors (Lipinski definition) is 11. The maximum Gasteiger partial charge on any atom is 0.230 e. The Kier molecular flexibility index (Phi) is 8.16. The summed E-state index contributed by atoms with van der Waals surface area (Å²) in [4.78, 5) is 17.9. The molecular weight excluding hydrogens is 527 g/mol. The van der Waals surface area contributed by atoms with E-state index in [1.165, 1.54) is 10.6 Å². The van der Waals surface area contributed by atoms with Crippen LogP contribution in [0.3, 0.4) is 0 Å². The lowest BCUT2D eigenvalue weighted by molar-refractivity contribution is 0.191. The predicted molar refractivity (Wildman–Crippen MR) is 156 cm³/mol. The molecule has 0 aliphatic carbocycles. The number of fused-ring (bicyclic) bond motifs is 1. The molecule has 2 aliphatic heterocycles. The molecule has 218 valence electrons. The van der Waals surface area contributed by atoms with Gasteiger partial charge in [-0.3, -0.25) is 9.80 Å². The van der Waals surface area contributed by atoms with Crippen molar-refractivity contribution in [2.45, 2.75) is 0 Å². The molecule has 5 heterocycles. The van der Waals surface area contributed by atoms with Crippen LogP contribution in [0, 0.1) is 5.82 Å². The molecule has 13 heteroatoms. The molecule has 2 saturated heterocycles. The highest BCUT2D eigenvalue weighted by Crippen LogP contribution is 2.26. The van der Waals surface area contributed by atoms with Crippen LogP contribution in [-0.4, -0.2) is 115 Å². The average molecular weight is 565 g/mol. The molecular formula is C28H37FN10O2. The molecule has 2 fully saturated rings. The number of rotatable bonds is 10. The summed E-state index contributed by atoms with van der Waals surface area (Å²) in [6.45, 7) is 10.2. The lowest BCUT2D eigenvalue weighted by atomic mass is 10.2. The Labute approximate surface area is 238 Å². The fourth-order valence-corrected chi connectivity index (χ4v) is 5.28. The molecule has 0 unspecified atom stereocenters. The van der Waals surface area contributed by atoms with Gasteiger partial charge in [0.05, 0.1) is 12.0 Å². The SMILES string of the molecule is CN(CCN1CCN(c2ccc(OCCN3CCNCC3)cc2F)CC1)c1nc(N)n2nc(-c3ccco3)cc2n1. The van der Waals surface area contributed by atoms with Crippen molar-refractivity contribution < 1.29 is 13.5 Å². The van der Waals surface area contributed by atoms with Crippen LogP contribution >= 0.6 is 0 Å². The summed E-state index contributed by atoms with van der Waals surface area (Å²) in [5, 5.41) is 7.80. The number of ether oxygens (including phenoxy) is 1. The van der Waals surface area contributed by atoms with E-state index in [1.54, 1.807) is 6.26 Å². The number of halogens is 1. The standard InChI is InChI=1S/C28H37FN10O2/c1-35(28-32-26-20-23(25-3-2-17-41-25)34-39(26)27(30)33-28)10-11-37-12-14-38(15-13-37)24-5-4-21(19-22(24)29)40-18-16-36-8-6-31-7-9-36/h2-5,17,19-20,31H,6-16,18H2,1H3,(H2,30,32,33). The lowest BCUT2D eigenvalue weighted by Gasteiger charge is -2.36. The van der Waals surface area contributed by atoms with Gasteiger partial charge in [0.25, 0.3) is 0 Å². The van der Waals surface area contributed by atoms with Gasteiger partial charge in [0.2, 0.25) is 11.9 Å². The molecule has 3 aromatic heterocycles. The van der Waals surface area contributed by atoms with Crippen molar-refractivity contribution in [2.24, 2.45) is 0 Å². The van der Waals surface area contributed by atoms with Crippen LogP contribution in [0.1, 0.15) is 0 Å². The van der Waals surface area contributed by atoms with Crippen LogP contribution in [0.2, 0.25) is 0 Å². The largest absolute Gasteiger partial charge is 0.492 e. The van der Waals surface area contributed by atoms with Crippen molar-refractivity contribution in [3.05, 3.63) is 48.5 Å². The van der Waals surface area contributed by atoms with Crippen LogP contribution in [0.25, 0.3) is 17.1 Å². The topological polar surface area (TPSA) is 116 Å². The fourth-order valence-electron chi connectivity index (χ4n) is 5.28. The van der Waals surface area contributed by atoms with Crippen LogP contribution in [0.4, 0.5) is 22.0 Å². The zero-order chi connectivity index (χ0) is 28.2. The van der Waals surface area contributed by atoms with Crippen molar-refractivity contribution in [2.75, 3.05) is 101 Å². The molecule has 3 N–H and O–H groups in total. The van der Waals surface area contributed by atoms with Gasteiger partial charge >= 0.3 is 0 Å². The van der Waals surface area contributed by atoms with E-state index in [1.807, 2.05) is 42.3 Å².